The number of hydrogen-bond acceptors (Lipinski definition) is 3. The molecule has 0 atom stereocenters. The molecular weight excluding hydrogens is 386 g/mol. The van der Waals surface area contributed by atoms with Crippen LogP contribution in [0.2, 0.25) is 0 Å². The van der Waals surface area contributed by atoms with Crippen LogP contribution in [0.25, 0.3) is 0 Å². The Bertz CT molecular complexity index is 866. The van der Waals surface area contributed by atoms with Gasteiger partial charge in [0, 0.05) is 24.7 Å². The molecule has 0 aliphatic rings. The second kappa shape index (κ2) is 11.7. The molecule has 6 heteroatoms. The van der Waals surface area contributed by atoms with Crippen molar-refractivity contribution in [1.82, 2.24) is 10.3 Å². The van der Waals surface area contributed by atoms with E-state index in [9.17, 15) is 13.6 Å². The zero-order chi connectivity index (χ0) is 21.9. The quantitative estimate of drug-likeness (QED) is 0.569. The Kier molecular flexibility index (Phi) is 8.94. The van der Waals surface area contributed by atoms with Crippen LogP contribution < -0.4 is 10.1 Å². The molecular formula is C24H26F2N2O2. The van der Waals surface area contributed by atoms with Gasteiger partial charge in [0.1, 0.15) is 11.6 Å². The molecule has 3 rings (SSSR count). The van der Waals surface area contributed by atoms with Crippen molar-refractivity contribution >= 4 is 5.91 Å². The lowest BCUT2D eigenvalue weighted by molar-refractivity contribution is 0.0952. The third-order valence-electron chi connectivity index (χ3n) is 4.47. The summed E-state index contributed by atoms with van der Waals surface area (Å²) in [6, 6.07) is 15.7. The maximum absolute atomic E-state index is 13.3. The molecule has 0 saturated carbocycles. The highest BCUT2D eigenvalue weighted by atomic mass is 19.1. The van der Waals surface area contributed by atoms with Crippen LogP contribution >= 0.6 is 0 Å². The number of nitrogens with one attached hydrogen (secondary N) is 1. The Morgan fingerprint density at radius 2 is 1.47 bits per heavy atom. The lowest BCUT2D eigenvalue weighted by Gasteiger charge is -2.18. The molecule has 1 aromatic heterocycles. The molecule has 0 fully saturated rings. The van der Waals surface area contributed by atoms with Gasteiger partial charge < -0.3 is 10.1 Å². The van der Waals surface area contributed by atoms with E-state index < -0.39 is 0 Å². The number of aromatic nitrogens is 1. The van der Waals surface area contributed by atoms with Crippen molar-refractivity contribution in [3.05, 3.63) is 95.2 Å². The van der Waals surface area contributed by atoms with Crippen molar-refractivity contribution in [1.29, 1.82) is 0 Å². The van der Waals surface area contributed by atoms with Crippen molar-refractivity contribution in [2.24, 2.45) is 0 Å². The minimum Gasteiger partial charge on any atom is -0.481 e. The Labute approximate surface area is 175 Å². The molecule has 158 valence electrons. The van der Waals surface area contributed by atoms with Gasteiger partial charge in [-0.2, -0.15) is 0 Å². The molecule has 0 aliphatic heterocycles. The summed E-state index contributed by atoms with van der Waals surface area (Å²) in [6.07, 6.45) is 2.03. The molecule has 3 aromatic rings. The summed E-state index contributed by atoms with van der Waals surface area (Å²) < 4.78 is 31.5. The van der Waals surface area contributed by atoms with E-state index in [-0.39, 0.29) is 23.5 Å². The Morgan fingerprint density at radius 1 is 0.933 bits per heavy atom. The molecule has 1 amide bonds. The monoisotopic (exact) mass is 412 g/mol. The van der Waals surface area contributed by atoms with Crippen LogP contribution in [-0.2, 0) is 0 Å². The molecule has 1 N–H and O–H groups in total. The zero-order valence-electron chi connectivity index (χ0n) is 17.4. The standard InChI is InChI=1S/C22H20F2N2O2.C2H6/c1-28-21-11-6-17(14-26-21)22(27)25-13-12-20(15-2-7-18(23)8-3-15)16-4-9-19(24)10-5-16;1-2/h2-11,14,20H,12-13H2,1H3,(H,25,27);1-2H3. The minimum atomic E-state index is -0.318. The van der Waals surface area contributed by atoms with Gasteiger partial charge in [-0.25, -0.2) is 13.8 Å². The van der Waals surface area contributed by atoms with Gasteiger partial charge in [0.2, 0.25) is 5.88 Å². The summed E-state index contributed by atoms with van der Waals surface area (Å²) in [5.74, 6) is -0.546. The summed E-state index contributed by atoms with van der Waals surface area (Å²) in [7, 11) is 1.51. The first-order chi connectivity index (χ1) is 14.6. The van der Waals surface area contributed by atoms with E-state index in [4.69, 9.17) is 4.74 Å². The van der Waals surface area contributed by atoms with Gasteiger partial charge >= 0.3 is 0 Å². The van der Waals surface area contributed by atoms with Crippen molar-refractivity contribution < 1.29 is 18.3 Å². The van der Waals surface area contributed by atoms with Crippen molar-refractivity contribution in [2.45, 2.75) is 26.2 Å². The molecule has 0 unspecified atom stereocenters. The fourth-order valence-electron chi connectivity index (χ4n) is 2.98. The van der Waals surface area contributed by atoms with Gasteiger partial charge in [-0.05, 0) is 47.9 Å². The fraction of sp³-hybridized carbons (Fsp3) is 0.250. The fourth-order valence-corrected chi connectivity index (χ4v) is 2.98. The lowest BCUT2D eigenvalue weighted by Crippen LogP contribution is -2.26. The van der Waals surface area contributed by atoms with E-state index in [0.29, 0.717) is 24.4 Å². The predicted molar refractivity (Wildman–Crippen MR) is 114 cm³/mol. The van der Waals surface area contributed by atoms with Crippen molar-refractivity contribution in [3.8, 4) is 5.88 Å². The third kappa shape index (κ3) is 6.37. The number of carbonyl (C=O) groups excluding carboxylic acids is 1. The molecule has 0 spiro atoms. The smallest absolute Gasteiger partial charge is 0.252 e. The number of benzene rings is 2. The highest BCUT2D eigenvalue weighted by Gasteiger charge is 2.15. The van der Waals surface area contributed by atoms with Crippen LogP contribution in [-0.4, -0.2) is 24.5 Å². The van der Waals surface area contributed by atoms with E-state index in [1.54, 1.807) is 36.4 Å². The Balaban J connectivity index is 0.00000155. The van der Waals surface area contributed by atoms with Gasteiger partial charge in [-0.3, -0.25) is 4.79 Å². The van der Waals surface area contributed by atoms with E-state index in [2.05, 4.69) is 10.3 Å². The molecule has 1 heterocycles. The second-order valence-corrected chi connectivity index (χ2v) is 6.29. The molecule has 2 aromatic carbocycles. The highest BCUT2D eigenvalue weighted by Crippen LogP contribution is 2.28. The van der Waals surface area contributed by atoms with E-state index in [1.807, 2.05) is 13.8 Å². The maximum Gasteiger partial charge on any atom is 0.252 e. The average molecular weight is 412 g/mol. The van der Waals surface area contributed by atoms with Crippen LogP contribution in [0.15, 0.2) is 66.9 Å². The van der Waals surface area contributed by atoms with Crippen LogP contribution in [0.5, 0.6) is 5.88 Å². The van der Waals surface area contributed by atoms with Gasteiger partial charge in [-0.1, -0.05) is 38.1 Å². The molecule has 0 saturated heterocycles. The molecule has 4 nitrogen and oxygen atoms in total. The second-order valence-electron chi connectivity index (χ2n) is 6.29. The lowest BCUT2D eigenvalue weighted by atomic mass is 9.88. The largest absolute Gasteiger partial charge is 0.481 e. The third-order valence-corrected chi connectivity index (χ3v) is 4.47. The topological polar surface area (TPSA) is 51.2 Å². The normalized spacial score (nSPS) is 10.2. The van der Waals surface area contributed by atoms with Crippen LogP contribution in [0.3, 0.4) is 0 Å². The number of methoxy groups -OCH3 is 1. The van der Waals surface area contributed by atoms with Crippen molar-refractivity contribution in [2.75, 3.05) is 13.7 Å². The number of halogens is 2. The van der Waals surface area contributed by atoms with Gasteiger partial charge in [0.15, 0.2) is 0 Å². The van der Waals surface area contributed by atoms with Gasteiger partial charge in [-0.15, -0.1) is 0 Å². The first-order valence-corrected chi connectivity index (χ1v) is 9.86. The molecule has 30 heavy (non-hydrogen) atoms. The van der Waals surface area contributed by atoms with E-state index in [1.165, 1.54) is 37.6 Å². The number of hydrogen-bond donors (Lipinski definition) is 1. The summed E-state index contributed by atoms with van der Waals surface area (Å²) in [5.41, 5.74) is 2.22. The van der Waals surface area contributed by atoms with Crippen LogP contribution in [0.4, 0.5) is 8.78 Å². The summed E-state index contributed by atoms with van der Waals surface area (Å²) in [4.78, 5) is 16.3. The number of ether oxygens (including phenoxy) is 1. The number of amides is 1. The first-order valence-electron chi connectivity index (χ1n) is 9.86. The number of rotatable bonds is 7. The number of carbonyl (C=O) groups is 1. The summed E-state index contributed by atoms with van der Waals surface area (Å²) in [6.45, 7) is 4.39. The van der Waals surface area contributed by atoms with Crippen LogP contribution in [0.1, 0.15) is 47.7 Å². The number of pyridine rings is 1. The van der Waals surface area contributed by atoms with E-state index in [0.717, 1.165) is 11.1 Å². The summed E-state index contributed by atoms with van der Waals surface area (Å²) in [5, 5.41) is 2.86. The zero-order valence-corrected chi connectivity index (χ0v) is 17.4. The highest BCUT2D eigenvalue weighted by molar-refractivity contribution is 5.93. The van der Waals surface area contributed by atoms with E-state index >= 15 is 0 Å². The van der Waals surface area contributed by atoms with Crippen molar-refractivity contribution in [3.63, 3.8) is 0 Å². The maximum atomic E-state index is 13.3. The van der Waals surface area contributed by atoms with Gasteiger partial charge in [0.05, 0.1) is 12.7 Å². The molecule has 0 bridgehead atoms. The summed E-state index contributed by atoms with van der Waals surface area (Å²) >= 11 is 0. The Hall–Kier alpha value is -3.28. The first kappa shape index (κ1) is 23.0. The molecule has 0 radical (unpaired) electrons. The number of nitrogens with zero attached hydrogens (tertiary/aromatic N) is 1. The van der Waals surface area contributed by atoms with Crippen LogP contribution in [0, 0.1) is 11.6 Å². The minimum absolute atomic E-state index is 0.101. The SMILES string of the molecule is CC.COc1ccc(C(=O)NCCC(c2ccc(F)cc2)c2ccc(F)cc2)cn1. The Morgan fingerprint density at radius 3 is 1.90 bits per heavy atom. The van der Waals surface area contributed by atoms with Gasteiger partial charge in [0.25, 0.3) is 5.91 Å². The predicted octanol–water partition coefficient (Wildman–Crippen LogP) is 5.35. The molecule has 0 aliphatic carbocycles. The average Bonchev–Trinajstić information content (AvgIpc) is 2.79.